The molecule has 0 bridgehead atoms. The molecule has 1 amide bonds. The number of hydrogen-bond acceptors (Lipinski definition) is 7. The van der Waals surface area contributed by atoms with Crippen LogP contribution in [0.15, 0.2) is 71.6 Å². The Hall–Kier alpha value is -3.43. The van der Waals surface area contributed by atoms with E-state index >= 15 is 0 Å². The zero-order valence-electron chi connectivity index (χ0n) is 18.1. The maximum absolute atomic E-state index is 13.3. The molecule has 1 heterocycles. The topological polar surface area (TPSA) is 104 Å². The van der Waals surface area contributed by atoms with Crippen LogP contribution < -0.4 is 20.5 Å². The summed E-state index contributed by atoms with van der Waals surface area (Å²) in [6.07, 6.45) is -0.945. The summed E-state index contributed by atoms with van der Waals surface area (Å²) in [6.45, 7) is 1.86. The summed E-state index contributed by atoms with van der Waals surface area (Å²) < 4.78 is 24.3. The van der Waals surface area contributed by atoms with E-state index < -0.39 is 16.9 Å². The van der Waals surface area contributed by atoms with Crippen molar-refractivity contribution in [3.05, 3.63) is 72.3 Å². The number of aromatic nitrogens is 1. The van der Waals surface area contributed by atoms with E-state index in [0.29, 0.717) is 32.8 Å². The molecule has 0 radical (unpaired) electrons. The van der Waals surface area contributed by atoms with Crippen LogP contribution in [-0.4, -0.2) is 28.0 Å². The molecular formula is C24H23N3O4S2. The second-order valence-corrected chi connectivity index (χ2v) is 9.88. The smallest absolute Gasteiger partial charge is 0.271 e. The standard InChI is InChI=1S/C24H23N3O4S2/c1-3-33(29)19-11-4-15(5-12-19)22(31-17-8-6-16(25)7-9-17)23(28)27-24-26-20-13-10-18(30-2)14-21(20)32-24/h4-14,22H,3,25H2,1-2H3,(H,26,27,28). The lowest BCUT2D eigenvalue weighted by molar-refractivity contribution is -0.123. The maximum Gasteiger partial charge on any atom is 0.271 e. The lowest BCUT2D eigenvalue weighted by Gasteiger charge is -2.19. The average molecular weight is 482 g/mol. The number of nitrogen functional groups attached to an aromatic ring is 1. The van der Waals surface area contributed by atoms with Crippen LogP contribution in [0.2, 0.25) is 0 Å². The van der Waals surface area contributed by atoms with E-state index in [1.54, 1.807) is 55.6 Å². The Kier molecular flexibility index (Phi) is 6.90. The van der Waals surface area contributed by atoms with E-state index in [2.05, 4.69) is 10.3 Å². The van der Waals surface area contributed by atoms with Gasteiger partial charge in [-0.15, -0.1) is 0 Å². The molecule has 9 heteroatoms. The van der Waals surface area contributed by atoms with Gasteiger partial charge in [-0.25, -0.2) is 4.98 Å². The summed E-state index contributed by atoms with van der Waals surface area (Å²) in [4.78, 5) is 18.5. The predicted molar refractivity (Wildman–Crippen MR) is 132 cm³/mol. The zero-order chi connectivity index (χ0) is 23.4. The first-order chi connectivity index (χ1) is 16.0. The number of carbonyl (C=O) groups is 1. The fourth-order valence-corrected chi connectivity index (χ4v) is 4.84. The minimum Gasteiger partial charge on any atom is -0.497 e. The SMILES string of the molecule is CCS(=O)c1ccc(C(Oc2ccc(N)cc2)C(=O)Nc2nc3ccc(OC)cc3s2)cc1. The molecule has 4 aromatic rings. The molecule has 3 N–H and O–H groups in total. The summed E-state index contributed by atoms with van der Waals surface area (Å²) >= 11 is 1.35. The van der Waals surface area contributed by atoms with Crippen LogP contribution in [-0.2, 0) is 15.6 Å². The highest BCUT2D eigenvalue weighted by Crippen LogP contribution is 2.31. The van der Waals surface area contributed by atoms with Crippen molar-refractivity contribution in [3.8, 4) is 11.5 Å². The molecule has 0 aliphatic heterocycles. The lowest BCUT2D eigenvalue weighted by Crippen LogP contribution is -2.25. The summed E-state index contributed by atoms with van der Waals surface area (Å²) in [5.41, 5.74) is 7.75. The van der Waals surface area contributed by atoms with Gasteiger partial charge in [0.15, 0.2) is 5.13 Å². The fraction of sp³-hybridized carbons (Fsp3) is 0.167. The number of amides is 1. The van der Waals surface area contributed by atoms with Crippen molar-refractivity contribution in [1.82, 2.24) is 4.98 Å². The number of nitrogens with zero attached hydrogens (tertiary/aromatic N) is 1. The molecule has 2 atom stereocenters. The number of methoxy groups -OCH3 is 1. The van der Waals surface area contributed by atoms with Crippen molar-refractivity contribution in [2.45, 2.75) is 17.9 Å². The molecule has 0 spiro atoms. The number of thiazole rings is 1. The lowest BCUT2D eigenvalue weighted by atomic mass is 10.1. The number of nitrogens with one attached hydrogen (secondary N) is 1. The van der Waals surface area contributed by atoms with Crippen molar-refractivity contribution in [3.63, 3.8) is 0 Å². The van der Waals surface area contributed by atoms with Crippen LogP contribution in [0.25, 0.3) is 10.2 Å². The largest absolute Gasteiger partial charge is 0.497 e. The van der Waals surface area contributed by atoms with Crippen LogP contribution in [0.1, 0.15) is 18.6 Å². The van der Waals surface area contributed by atoms with Gasteiger partial charge in [0.05, 0.1) is 28.1 Å². The molecule has 2 unspecified atom stereocenters. The Bertz CT molecular complexity index is 1290. The van der Waals surface area contributed by atoms with Crippen LogP contribution in [0.4, 0.5) is 10.8 Å². The molecule has 4 rings (SSSR count). The number of hydrogen-bond donors (Lipinski definition) is 2. The second-order valence-electron chi connectivity index (χ2n) is 7.11. The first kappa shape index (κ1) is 22.8. The predicted octanol–water partition coefficient (Wildman–Crippen LogP) is 4.77. The molecule has 0 fully saturated rings. The van der Waals surface area contributed by atoms with Gasteiger partial charge < -0.3 is 15.2 Å². The molecule has 1 aromatic heterocycles. The maximum atomic E-state index is 13.3. The van der Waals surface area contributed by atoms with E-state index in [-0.39, 0.29) is 5.91 Å². The molecule has 3 aromatic carbocycles. The molecule has 0 aliphatic carbocycles. The molecular weight excluding hydrogens is 458 g/mol. The van der Waals surface area contributed by atoms with Crippen LogP contribution >= 0.6 is 11.3 Å². The van der Waals surface area contributed by atoms with Gasteiger partial charge in [0.1, 0.15) is 11.5 Å². The number of benzene rings is 3. The third-order valence-electron chi connectivity index (χ3n) is 4.91. The number of carbonyl (C=O) groups excluding carboxylic acids is 1. The van der Waals surface area contributed by atoms with Gasteiger partial charge in [-0.3, -0.25) is 14.3 Å². The zero-order valence-corrected chi connectivity index (χ0v) is 19.7. The Labute approximate surface area is 198 Å². The first-order valence-corrected chi connectivity index (χ1v) is 12.4. The van der Waals surface area contributed by atoms with Crippen molar-refractivity contribution in [2.24, 2.45) is 0 Å². The van der Waals surface area contributed by atoms with E-state index in [1.807, 2.05) is 25.1 Å². The van der Waals surface area contributed by atoms with Gasteiger partial charge >= 0.3 is 0 Å². The van der Waals surface area contributed by atoms with Crippen LogP contribution in [0.3, 0.4) is 0 Å². The van der Waals surface area contributed by atoms with E-state index in [9.17, 15) is 9.00 Å². The Balaban J connectivity index is 1.62. The Morgan fingerprint density at radius 2 is 1.79 bits per heavy atom. The minimum atomic E-state index is -1.08. The van der Waals surface area contributed by atoms with Gasteiger partial charge in [-0.1, -0.05) is 30.4 Å². The van der Waals surface area contributed by atoms with Crippen molar-refractivity contribution >= 4 is 49.1 Å². The minimum absolute atomic E-state index is 0.373. The molecule has 7 nitrogen and oxygen atoms in total. The second kappa shape index (κ2) is 10.0. The fourth-order valence-electron chi connectivity index (χ4n) is 3.17. The monoisotopic (exact) mass is 481 g/mol. The number of fused-ring (bicyclic) bond motifs is 1. The van der Waals surface area contributed by atoms with Gasteiger partial charge in [0.2, 0.25) is 6.10 Å². The number of rotatable bonds is 8. The van der Waals surface area contributed by atoms with Gasteiger partial charge in [0, 0.05) is 21.9 Å². The third kappa shape index (κ3) is 5.32. The summed E-state index contributed by atoms with van der Waals surface area (Å²) in [7, 11) is 0.522. The van der Waals surface area contributed by atoms with Crippen molar-refractivity contribution in [1.29, 1.82) is 0 Å². The van der Waals surface area contributed by atoms with Gasteiger partial charge in [0.25, 0.3) is 5.91 Å². The van der Waals surface area contributed by atoms with Gasteiger partial charge in [-0.2, -0.15) is 0 Å². The summed E-state index contributed by atoms with van der Waals surface area (Å²) in [5, 5.41) is 3.32. The van der Waals surface area contributed by atoms with E-state index in [4.69, 9.17) is 15.2 Å². The number of ether oxygens (including phenoxy) is 2. The van der Waals surface area contributed by atoms with Crippen molar-refractivity contribution in [2.75, 3.05) is 23.9 Å². The molecule has 0 saturated carbocycles. The highest BCUT2D eigenvalue weighted by molar-refractivity contribution is 7.85. The normalized spacial score (nSPS) is 12.8. The molecule has 0 aliphatic rings. The average Bonchev–Trinajstić information content (AvgIpc) is 3.24. The number of nitrogens with two attached hydrogens (primary N) is 1. The number of anilines is 2. The van der Waals surface area contributed by atoms with Gasteiger partial charge in [-0.05, 0) is 54.6 Å². The Morgan fingerprint density at radius 1 is 1.09 bits per heavy atom. The quantitative estimate of drug-likeness (QED) is 0.351. The third-order valence-corrected chi connectivity index (χ3v) is 7.16. The van der Waals surface area contributed by atoms with Crippen molar-refractivity contribution < 1.29 is 18.5 Å². The molecule has 0 saturated heterocycles. The van der Waals surface area contributed by atoms with E-state index in [0.717, 1.165) is 16.0 Å². The van der Waals surface area contributed by atoms with Crippen LogP contribution in [0.5, 0.6) is 11.5 Å². The molecule has 170 valence electrons. The highest BCUT2D eigenvalue weighted by atomic mass is 32.2. The molecule has 33 heavy (non-hydrogen) atoms. The van der Waals surface area contributed by atoms with E-state index in [1.165, 1.54) is 11.3 Å². The summed E-state index contributed by atoms with van der Waals surface area (Å²) in [5.74, 6) is 1.37. The first-order valence-electron chi connectivity index (χ1n) is 10.2. The van der Waals surface area contributed by atoms with Crippen LogP contribution in [0, 0.1) is 0 Å². The highest BCUT2D eigenvalue weighted by Gasteiger charge is 2.24. The summed E-state index contributed by atoms with van der Waals surface area (Å²) in [6, 6.07) is 19.4. The Morgan fingerprint density at radius 3 is 2.45 bits per heavy atom.